The zero-order chi connectivity index (χ0) is 14.8. The quantitative estimate of drug-likeness (QED) is 0.731. The maximum absolute atomic E-state index is 6.20. The molecule has 0 saturated carbocycles. The summed E-state index contributed by atoms with van der Waals surface area (Å²) in [5.74, 6) is 1.16. The van der Waals surface area contributed by atoms with Gasteiger partial charge in [-0.15, -0.1) is 0 Å². The first kappa shape index (κ1) is 16.9. The van der Waals surface area contributed by atoms with E-state index in [0.29, 0.717) is 16.9 Å². The SMILES string of the molecule is COC(c1nc(Cl)c(Br)c(CC(C)C)n1)C(C)(C)C. The van der Waals surface area contributed by atoms with Crippen molar-refractivity contribution in [3.8, 4) is 0 Å². The molecule has 3 nitrogen and oxygen atoms in total. The van der Waals surface area contributed by atoms with Crippen LogP contribution in [-0.4, -0.2) is 17.1 Å². The molecule has 0 N–H and O–H groups in total. The second-order valence-corrected chi connectivity index (χ2v) is 7.36. The van der Waals surface area contributed by atoms with Crippen LogP contribution in [0, 0.1) is 11.3 Å². The number of rotatable bonds is 4. The third kappa shape index (κ3) is 4.40. The molecule has 0 fully saturated rings. The molecule has 1 unspecified atom stereocenters. The maximum Gasteiger partial charge on any atom is 0.159 e. The van der Waals surface area contributed by atoms with Gasteiger partial charge in [-0.1, -0.05) is 46.2 Å². The van der Waals surface area contributed by atoms with Crippen LogP contribution in [0.3, 0.4) is 0 Å². The Labute approximate surface area is 129 Å². The molecular weight excluding hydrogens is 328 g/mol. The second kappa shape index (κ2) is 6.51. The summed E-state index contributed by atoms with van der Waals surface area (Å²) in [5.41, 5.74) is 0.859. The van der Waals surface area contributed by atoms with Gasteiger partial charge in [0.1, 0.15) is 11.3 Å². The molecule has 108 valence electrons. The molecule has 0 aliphatic carbocycles. The number of halogens is 2. The Balaban J connectivity index is 3.26. The van der Waals surface area contributed by atoms with Gasteiger partial charge in [0.05, 0.1) is 10.2 Å². The number of methoxy groups -OCH3 is 1. The minimum atomic E-state index is -0.177. The highest BCUT2D eigenvalue weighted by atomic mass is 79.9. The van der Waals surface area contributed by atoms with E-state index in [-0.39, 0.29) is 11.5 Å². The lowest BCUT2D eigenvalue weighted by Crippen LogP contribution is -2.23. The minimum absolute atomic E-state index is 0.0823. The van der Waals surface area contributed by atoms with Crippen LogP contribution < -0.4 is 0 Å². The predicted octanol–water partition coefficient (Wildman–Crippen LogP) is 4.82. The molecule has 1 aromatic rings. The van der Waals surface area contributed by atoms with Crippen molar-refractivity contribution >= 4 is 27.5 Å². The van der Waals surface area contributed by atoms with Crippen molar-refractivity contribution in [1.29, 1.82) is 0 Å². The Morgan fingerprint density at radius 3 is 2.26 bits per heavy atom. The summed E-state index contributed by atoms with van der Waals surface area (Å²) < 4.78 is 6.34. The summed E-state index contributed by atoms with van der Waals surface area (Å²) in [7, 11) is 1.68. The lowest BCUT2D eigenvalue weighted by molar-refractivity contribution is 0.00846. The zero-order valence-corrected chi connectivity index (χ0v) is 14.8. The van der Waals surface area contributed by atoms with Gasteiger partial charge in [0.2, 0.25) is 0 Å². The topological polar surface area (TPSA) is 35.0 Å². The summed E-state index contributed by atoms with van der Waals surface area (Å²) >= 11 is 9.67. The van der Waals surface area contributed by atoms with Crippen molar-refractivity contribution in [3.63, 3.8) is 0 Å². The summed E-state index contributed by atoms with van der Waals surface area (Å²) in [4.78, 5) is 9.00. The molecular formula is C14H22BrClN2O. The van der Waals surface area contributed by atoms with Crippen LogP contribution in [-0.2, 0) is 11.2 Å². The van der Waals surface area contributed by atoms with Gasteiger partial charge >= 0.3 is 0 Å². The molecule has 1 rings (SSSR count). The van der Waals surface area contributed by atoms with E-state index in [1.165, 1.54) is 0 Å². The smallest absolute Gasteiger partial charge is 0.159 e. The minimum Gasteiger partial charge on any atom is -0.373 e. The lowest BCUT2D eigenvalue weighted by Gasteiger charge is -2.28. The van der Waals surface area contributed by atoms with Crippen molar-refractivity contribution in [2.24, 2.45) is 11.3 Å². The number of hydrogen-bond donors (Lipinski definition) is 0. The van der Waals surface area contributed by atoms with E-state index in [1.54, 1.807) is 7.11 Å². The van der Waals surface area contributed by atoms with E-state index < -0.39 is 0 Å². The van der Waals surface area contributed by atoms with Crippen molar-refractivity contribution in [1.82, 2.24) is 9.97 Å². The molecule has 1 aromatic heterocycles. The molecule has 5 heteroatoms. The van der Waals surface area contributed by atoms with E-state index in [9.17, 15) is 0 Å². The van der Waals surface area contributed by atoms with Crippen LogP contribution in [0.4, 0.5) is 0 Å². The van der Waals surface area contributed by atoms with Crippen molar-refractivity contribution < 1.29 is 4.74 Å². The van der Waals surface area contributed by atoms with Crippen LogP contribution >= 0.6 is 27.5 Å². The van der Waals surface area contributed by atoms with E-state index in [4.69, 9.17) is 16.3 Å². The summed E-state index contributed by atoms with van der Waals surface area (Å²) in [5, 5.41) is 0.451. The Kier molecular flexibility index (Phi) is 5.78. The summed E-state index contributed by atoms with van der Waals surface area (Å²) in [6.45, 7) is 10.6. The Hall–Kier alpha value is -0.190. The molecule has 0 amide bonds. The fraction of sp³-hybridized carbons (Fsp3) is 0.714. The Morgan fingerprint density at radius 2 is 1.84 bits per heavy atom. The average Bonchev–Trinajstić information content (AvgIpc) is 2.23. The van der Waals surface area contributed by atoms with Gasteiger partial charge in [-0.05, 0) is 33.7 Å². The van der Waals surface area contributed by atoms with Crippen molar-refractivity contribution in [2.45, 2.75) is 47.1 Å². The largest absolute Gasteiger partial charge is 0.373 e. The molecule has 0 spiro atoms. The molecule has 0 aliphatic heterocycles. The highest BCUT2D eigenvalue weighted by molar-refractivity contribution is 9.10. The fourth-order valence-corrected chi connectivity index (χ4v) is 2.50. The van der Waals surface area contributed by atoms with E-state index in [1.807, 2.05) is 0 Å². The van der Waals surface area contributed by atoms with Crippen LogP contribution in [0.1, 0.15) is 52.2 Å². The third-order valence-electron chi connectivity index (χ3n) is 2.76. The normalized spacial score (nSPS) is 13.9. The number of ether oxygens (including phenoxy) is 1. The molecule has 0 radical (unpaired) electrons. The number of hydrogen-bond acceptors (Lipinski definition) is 3. The van der Waals surface area contributed by atoms with E-state index in [0.717, 1.165) is 16.6 Å². The summed E-state index contributed by atoms with van der Waals surface area (Å²) in [6.07, 6.45) is 0.681. The van der Waals surface area contributed by atoms with E-state index in [2.05, 4.69) is 60.5 Å². The van der Waals surface area contributed by atoms with Gasteiger partial charge < -0.3 is 4.74 Å². The van der Waals surface area contributed by atoms with Crippen LogP contribution in [0.2, 0.25) is 5.15 Å². The number of aromatic nitrogens is 2. The Morgan fingerprint density at radius 1 is 1.26 bits per heavy atom. The van der Waals surface area contributed by atoms with Gasteiger partial charge in [-0.2, -0.15) is 0 Å². The Bertz CT molecular complexity index is 444. The standard InChI is InChI=1S/C14H22BrClN2O/c1-8(2)7-9-10(15)12(16)18-13(17-9)11(19-6)14(3,4)5/h8,11H,7H2,1-6H3. The predicted molar refractivity (Wildman–Crippen MR) is 82.5 cm³/mol. The molecule has 1 heterocycles. The molecule has 19 heavy (non-hydrogen) atoms. The maximum atomic E-state index is 6.20. The van der Waals surface area contributed by atoms with Gasteiger partial charge in [0.15, 0.2) is 5.82 Å². The van der Waals surface area contributed by atoms with Crippen LogP contribution in [0.5, 0.6) is 0 Å². The lowest BCUT2D eigenvalue weighted by atomic mass is 9.88. The fourth-order valence-electron chi connectivity index (χ4n) is 1.97. The molecule has 1 atom stereocenters. The van der Waals surface area contributed by atoms with Gasteiger partial charge in [0, 0.05) is 7.11 Å². The van der Waals surface area contributed by atoms with Gasteiger partial charge in [-0.3, -0.25) is 0 Å². The molecule has 0 aliphatic rings. The van der Waals surface area contributed by atoms with Crippen molar-refractivity contribution in [2.75, 3.05) is 7.11 Å². The van der Waals surface area contributed by atoms with E-state index >= 15 is 0 Å². The van der Waals surface area contributed by atoms with Crippen LogP contribution in [0.25, 0.3) is 0 Å². The van der Waals surface area contributed by atoms with Crippen LogP contribution in [0.15, 0.2) is 4.47 Å². The molecule has 0 saturated heterocycles. The summed E-state index contributed by atoms with van der Waals surface area (Å²) in [6, 6.07) is 0. The highest BCUT2D eigenvalue weighted by Crippen LogP contribution is 2.36. The zero-order valence-electron chi connectivity index (χ0n) is 12.4. The van der Waals surface area contributed by atoms with Crippen molar-refractivity contribution in [3.05, 3.63) is 21.1 Å². The first-order valence-corrected chi connectivity index (χ1v) is 7.58. The van der Waals surface area contributed by atoms with Gasteiger partial charge in [-0.25, -0.2) is 9.97 Å². The molecule has 0 bridgehead atoms. The highest BCUT2D eigenvalue weighted by Gasteiger charge is 2.30. The third-order valence-corrected chi connectivity index (χ3v) is 4.09. The first-order chi connectivity index (χ1) is 8.66. The first-order valence-electron chi connectivity index (χ1n) is 6.41. The number of nitrogens with zero attached hydrogens (tertiary/aromatic N) is 2. The average molecular weight is 350 g/mol. The monoisotopic (exact) mass is 348 g/mol. The molecule has 0 aromatic carbocycles. The second-order valence-electron chi connectivity index (χ2n) is 6.21. The van der Waals surface area contributed by atoms with Gasteiger partial charge in [0.25, 0.3) is 0 Å².